The fraction of sp³-hybridized carbons (Fsp3) is 0.263. The molecule has 0 saturated carbocycles. The fourth-order valence-corrected chi connectivity index (χ4v) is 3.12. The molecule has 0 spiro atoms. The van der Waals surface area contributed by atoms with Gasteiger partial charge in [-0.2, -0.15) is 0 Å². The van der Waals surface area contributed by atoms with Gasteiger partial charge in [-0.1, -0.05) is 0 Å². The highest BCUT2D eigenvalue weighted by Gasteiger charge is 2.27. The van der Waals surface area contributed by atoms with Gasteiger partial charge in [0.2, 0.25) is 5.91 Å². The van der Waals surface area contributed by atoms with Crippen LogP contribution in [0.15, 0.2) is 36.4 Å². The molecule has 0 aliphatic carbocycles. The van der Waals surface area contributed by atoms with E-state index in [4.69, 9.17) is 4.74 Å². The number of nitro benzene ring substituents is 1. The van der Waals surface area contributed by atoms with E-state index in [0.29, 0.717) is 29.0 Å². The quantitative estimate of drug-likeness (QED) is 0.467. The van der Waals surface area contributed by atoms with Crippen LogP contribution >= 0.6 is 0 Å². The monoisotopic (exact) mass is 354 g/mol. The van der Waals surface area contributed by atoms with Crippen molar-refractivity contribution >= 4 is 23.1 Å². The molecule has 7 nitrogen and oxygen atoms in total. The number of ether oxygens (including phenoxy) is 1. The topological polar surface area (TPSA) is 89.8 Å². The van der Waals surface area contributed by atoms with Crippen molar-refractivity contribution in [3.8, 4) is 5.75 Å². The molecule has 1 aliphatic heterocycles. The van der Waals surface area contributed by atoms with Crippen LogP contribution in [0.3, 0.4) is 0 Å². The Morgan fingerprint density at radius 2 is 2.00 bits per heavy atom. The number of ketones is 1. The van der Waals surface area contributed by atoms with E-state index >= 15 is 0 Å². The molecule has 2 aromatic rings. The highest BCUT2D eigenvalue weighted by molar-refractivity contribution is 5.97. The lowest BCUT2D eigenvalue weighted by atomic mass is 9.99. The lowest BCUT2D eigenvalue weighted by Gasteiger charge is -2.30. The molecule has 7 heteroatoms. The maximum absolute atomic E-state index is 12.5. The second kappa shape index (κ2) is 6.95. The molecule has 1 amide bonds. The van der Waals surface area contributed by atoms with Gasteiger partial charge in [-0.15, -0.1) is 0 Å². The average molecular weight is 354 g/mol. The average Bonchev–Trinajstić information content (AvgIpc) is 2.63. The third-order valence-electron chi connectivity index (χ3n) is 4.49. The lowest BCUT2D eigenvalue weighted by molar-refractivity contribution is -0.384. The summed E-state index contributed by atoms with van der Waals surface area (Å²) in [5.74, 6) is 0.438. The summed E-state index contributed by atoms with van der Waals surface area (Å²) in [4.78, 5) is 36.3. The van der Waals surface area contributed by atoms with Crippen molar-refractivity contribution in [3.63, 3.8) is 0 Å². The molecular weight excluding hydrogens is 336 g/mol. The van der Waals surface area contributed by atoms with Gasteiger partial charge in [-0.25, -0.2) is 0 Å². The Balaban J connectivity index is 2.00. The second-order valence-corrected chi connectivity index (χ2v) is 6.13. The van der Waals surface area contributed by atoms with E-state index in [1.807, 2.05) is 0 Å². The maximum atomic E-state index is 12.5. The van der Waals surface area contributed by atoms with Gasteiger partial charge in [0.25, 0.3) is 5.69 Å². The molecule has 1 aliphatic rings. The van der Waals surface area contributed by atoms with Crippen LogP contribution in [0.5, 0.6) is 5.75 Å². The van der Waals surface area contributed by atoms with Crippen LogP contribution in [0.4, 0.5) is 11.4 Å². The van der Waals surface area contributed by atoms with E-state index < -0.39 is 4.92 Å². The van der Waals surface area contributed by atoms with Crippen molar-refractivity contribution in [1.82, 2.24) is 0 Å². The fourth-order valence-electron chi connectivity index (χ4n) is 3.12. The number of nitro groups is 1. The second-order valence-electron chi connectivity index (χ2n) is 6.13. The lowest BCUT2D eigenvalue weighted by Crippen LogP contribution is -2.34. The zero-order valence-corrected chi connectivity index (χ0v) is 14.5. The van der Waals surface area contributed by atoms with Gasteiger partial charge in [-0.3, -0.25) is 19.7 Å². The van der Waals surface area contributed by atoms with Gasteiger partial charge in [0.1, 0.15) is 5.75 Å². The number of aryl methyl sites for hydroxylation is 1. The minimum absolute atomic E-state index is 0.00852. The van der Waals surface area contributed by atoms with Gasteiger partial charge in [0.05, 0.1) is 18.6 Å². The Labute approximate surface area is 150 Å². The highest BCUT2D eigenvalue weighted by Crippen LogP contribution is 2.33. The number of hydrogen-bond donors (Lipinski definition) is 0. The predicted molar refractivity (Wildman–Crippen MR) is 95.6 cm³/mol. The first kappa shape index (κ1) is 17.6. The number of carbonyl (C=O) groups is 2. The van der Waals surface area contributed by atoms with E-state index in [1.165, 1.54) is 26.2 Å². The highest BCUT2D eigenvalue weighted by atomic mass is 16.6. The van der Waals surface area contributed by atoms with Crippen molar-refractivity contribution < 1.29 is 19.2 Å². The van der Waals surface area contributed by atoms with E-state index in [0.717, 1.165) is 5.56 Å². The van der Waals surface area contributed by atoms with E-state index in [1.54, 1.807) is 29.2 Å². The number of rotatable bonds is 5. The molecule has 26 heavy (non-hydrogen) atoms. The van der Waals surface area contributed by atoms with Gasteiger partial charge in [0, 0.05) is 35.4 Å². The smallest absolute Gasteiger partial charge is 0.269 e. The van der Waals surface area contributed by atoms with Crippen molar-refractivity contribution in [2.75, 3.05) is 12.0 Å². The van der Waals surface area contributed by atoms with Crippen molar-refractivity contribution in [3.05, 3.63) is 63.2 Å². The van der Waals surface area contributed by atoms with E-state index in [-0.39, 0.29) is 30.3 Å². The van der Waals surface area contributed by atoms with Crippen LogP contribution in [-0.4, -0.2) is 23.7 Å². The third-order valence-corrected chi connectivity index (χ3v) is 4.49. The van der Waals surface area contributed by atoms with Crippen molar-refractivity contribution in [1.29, 1.82) is 0 Å². The Morgan fingerprint density at radius 3 is 2.65 bits per heavy atom. The molecular formula is C19H18N2O5. The number of carbonyl (C=O) groups excluding carboxylic acids is 2. The van der Waals surface area contributed by atoms with Gasteiger partial charge >= 0.3 is 0 Å². The van der Waals surface area contributed by atoms with Gasteiger partial charge in [-0.05, 0) is 43.2 Å². The summed E-state index contributed by atoms with van der Waals surface area (Å²) in [6.07, 6.45) is 0.750. The number of nitrogens with zero attached hydrogens (tertiary/aromatic N) is 2. The summed E-state index contributed by atoms with van der Waals surface area (Å²) in [6.45, 7) is 1.71. The minimum Gasteiger partial charge on any atom is -0.496 e. The molecule has 0 bridgehead atoms. The first-order valence-electron chi connectivity index (χ1n) is 8.16. The molecule has 134 valence electrons. The summed E-state index contributed by atoms with van der Waals surface area (Å²) < 4.78 is 5.36. The summed E-state index contributed by atoms with van der Waals surface area (Å²) >= 11 is 0. The number of fused-ring (bicyclic) bond motifs is 1. The molecule has 0 atom stereocenters. The van der Waals surface area contributed by atoms with Gasteiger partial charge in [0.15, 0.2) is 5.78 Å². The molecule has 0 aromatic heterocycles. The summed E-state index contributed by atoms with van der Waals surface area (Å²) in [6, 6.07) is 9.61. The third kappa shape index (κ3) is 3.28. The molecule has 0 radical (unpaired) electrons. The number of Topliss-reactive ketones (excluding diaryl/α,β-unsaturated/α-hetero) is 1. The molecule has 0 saturated heterocycles. The number of anilines is 1. The van der Waals surface area contributed by atoms with Crippen LogP contribution in [-0.2, 0) is 17.8 Å². The summed E-state index contributed by atoms with van der Waals surface area (Å²) in [7, 11) is 1.53. The molecule has 3 rings (SSSR count). The van der Waals surface area contributed by atoms with Crippen LogP contribution in [0.25, 0.3) is 0 Å². The van der Waals surface area contributed by atoms with Crippen LogP contribution in [0.1, 0.15) is 34.8 Å². The molecule has 2 aromatic carbocycles. The number of methoxy groups -OCH3 is 1. The number of amides is 1. The summed E-state index contributed by atoms with van der Waals surface area (Å²) in [5.41, 5.74) is 2.67. The van der Waals surface area contributed by atoms with Crippen molar-refractivity contribution in [2.45, 2.75) is 26.3 Å². The van der Waals surface area contributed by atoms with Crippen molar-refractivity contribution in [2.24, 2.45) is 0 Å². The zero-order valence-electron chi connectivity index (χ0n) is 14.5. The molecule has 1 heterocycles. The number of hydrogen-bond acceptors (Lipinski definition) is 5. The van der Waals surface area contributed by atoms with Crippen LogP contribution < -0.4 is 9.64 Å². The summed E-state index contributed by atoms with van der Waals surface area (Å²) in [5, 5.41) is 11.0. The number of non-ortho nitro benzene ring substituents is 1. The van der Waals surface area contributed by atoms with E-state index in [9.17, 15) is 19.7 Å². The number of benzene rings is 2. The SMILES string of the molecule is COc1ccc(C(C)=O)cc1CN1C(=O)CCc2cc([N+](=O)[O-])ccc21. The Morgan fingerprint density at radius 1 is 1.23 bits per heavy atom. The first-order chi connectivity index (χ1) is 12.4. The normalized spacial score (nSPS) is 13.3. The maximum Gasteiger partial charge on any atom is 0.269 e. The molecule has 0 unspecified atom stereocenters. The Hall–Kier alpha value is -3.22. The Bertz CT molecular complexity index is 907. The largest absolute Gasteiger partial charge is 0.496 e. The minimum atomic E-state index is -0.444. The predicted octanol–water partition coefficient (Wildman–Crippen LogP) is 3.29. The Kier molecular flexibility index (Phi) is 4.71. The van der Waals surface area contributed by atoms with E-state index in [2.05, 4.69) is 0 Å². The van der Waals surface area contributed by atoms with Crippen LogP contribution in [0, 0.1) is 10.1 Å². The van der Waals surface area contributed by atoms with Gasteiger partial charge < -0.3 is 9.64 Å². The molecule has 0 N–H and O–H groups in total. The zero-order chi connectivity index (χ0) is 18.8. The standard InChI is InChI=1S/C19H18N2O5/c1-12(22)13-3-7-18(26-2)15(9-13)11-20-17-6-5-16(21(24)25)10-14(17)4-8-19(20)23/h3,5-7,9-10H,4,8,11H2,1-2H3. The molecule has 0 fully saturated rings. The van der Waals surface area contributed by atoms with Crippen LogP contribution in [0.2, 0.25) is 0 Å². The first-order valence-corrected chi connectivity index (χ1v) is 8.16.